The van der Waals surface area contributed by atoms with E-state index in [4.69, 9.17) is 4.74 Å². The standard InChI is InChI=1S/C18H21N3O3/c1-24-11-5-9-20-17(22)15-8-10-19-16(12-15)18(23)21-13-14-6-3-2-4-7-14/h2-4,6-8,10,12H,5,9,11,13H2,1H3,(H,20,22)(H,21,23). The molecule has 1 aromatic carbocycles. The molecule has 1 aromatic heterocycles. The van der Waals surface area contributed by atoms with Gasteiger partial charge in [0.2, 0.25) is 0 Å². The average Bonchev–Trinajstić information content (AvgIpc) is 2.64. The molecule has 2 N–H and O–H groups in total. The summed E-state index contributed by atoms with van der Waals surface area (Å²) in [5.74, 6) is -0.543. The minimum atomic E-state index is -0.312. The summed E-state index contributed by atoms with van der Waals surface area (Å²) in [6, 6.07) is 12.7. The molecule has 0 aliphatic carbocycles. The smallest absolute Gasteiger partial charge is 0.270 e. The van der Waals surface area contributed by atoms with Crippen molar-refractivity contribution < 1.29 is 14.3 Å². The molecule has 0 spiro atoms. The van der Waals surface area contributed by atoms with Gasteiger partial charge in [-0.1, -0.05) is 30.3 Å². The number of hydrogen-bond acceptors (Lipinski definition) is 4. The SMILES string of the molecule is COCCCNC(=O)c1ccnc(C(=O)NCc2ccccc2)c1. The molecule has 1 heterocycles. The first-order chi connectivity index (χ1) is 11.7. The van der Waals surface area contributed by atoms with Crippen LogP contribution in [-0.4, -0.2) is 37.1 Å². The second-order valence-electron chi connectivity index (χ2n) is 5.20. The number of methoxy groups -OCH3 is 1. The minimum absolute atomic E-state index is 0.218. The quantitative estimate of drug-likeness (QED) is 0.724. The topological polar surface area (TPSA) is 80.3 Å². The highest BCUT2D eigenvalue weighted by Crippen LogP contribution is 2.03. The van der Waals surface area contributed by atoms with Crippen LogP contribution in [0.2, 0.25) is 0 Å². The Morgan fingerprint density at radius 1 is 1.08 bits per heavy atom. The van der Waals surface area contributed by atoms with Crippen LogP contribution in [0.3, 0.4) is 0 Å². The first-order valence-corrected chi connectivity index (χ1v) is 7.76. The number of nitrogens with zero attached hydrogens (tertiary/aromatic N) is 1. The molecule has 0 unspecified atom stereocenters. The van der Waals surface area contributed by atoms with Crippen LogP contribution in [-0.2, 0) is 11.3 Å². The van der Waals surface area contributed by atoms with Gasteiger partial charge in [0.1, 0.15) is 5.69 Å². The number of nitrogens with one attached hydrogen (secondary N) is 2. The number of aromatic nitrogens is 1. The van der Waals surface area contributed by atoms with Gasteiger partial charge in [-0.3, -0.25) is 14.6 Å². The maximum atomic E-state index is 12.2. The van der Waals surface area contributed by atoms with Gasteiger partial charge in [-0.05, 0) is 24.1 Å². The molecular formula is C18H21N3O3. The zero-order valence-electron chi connectivity index (χ0n) is 13.6. The van der Waals surface area contributed by atoms with Crippen molar-refractivity contribution in [2.75, 3.05) is 20.3 Å². The van der Waals surface area contributed by atoms with Crippen LogP contribution in [0, 0.1) is 0 Å². The second-order valence-corrected chi connectivity index (χ2v) is 5.20. The van der Waals surface area contributed by atoms with Gasteiger partial charge in [0.15, 0.2) is 0 Å². The van der Waals surface area contributed by atoms with Gasteiger partial charge < -0.3 is 15.4 Å². The predicted octanol–water partition coefficient (Wildman–Crippen LogP) is 1.78. The highest BCUT2D eigenvalue weighted by molar-refractivity contribution is 5.98. The van der Waals surface area contributed by atoms with E-state index >= 15 is 0 Å². The van der Waals surface area contributed by atoms with E-state index in [1.54, 1.807) is 13.2 Å². The van der Waals surface area contributed by atoms with Gasteiger partial charge in [-0.15, -0.1) is 0 Å². The third kappa shape index (κ3) is 5.48. The lowest BCUT2D eigenvalue weighted by Crippen LogP contribution is -2.27. The Morgan fingerprint density at radius 2 is 1.88 bits per heavy atom. The number of carbonyl (C=O) groups excluding carboxylic acids is 2. The fourth-order valence-electron chi connectivity index (χ4n) is 2.09. The lowest BCUT2D eigenvalue weighted by molar-refractivity contribution is 0.0946. The Labute approximate surface area is 141 Å². The largest absolute Gasteiger partial charge is 0.385 e. The van der Waals surface area contributed by atoms with Gasteiger partial charge in [-0.2, -0.15) is 0 Å². The molecule has 0 saturated carbocycles. The third-order valence-corrected chi connectivity index (χ3v) is 3.36. The third-order valence-electron chi connectivity index (χ3n) is 3.36. The molecule has 6 nitrogen and oxygen atoms in total. The summed E-state index contributed by atoms with van der Waals surface area (Å²) < 4.78 is 4.93. The summed E-state index contributed by atoms with van der Waals surface area (Å²) in [6.45, 7) is 1.52. The monoisotopic (exact) mass is 327 g/mol. The van der Waals surface area contributed by atoms with Gasteiger partial charge in [0, 0.05) is 38.6 Å². The number of carbonyl (C=O) groups is 2. The van der Waals surface area contributed by atoms with Crippen LogP contribution in [0.1, 0.15) is 32.8 Å². The molecule has 6 heteroatoms. The Hall–Kier alpha value is -2.73. The Bertz CT molecular complexity index is 674. The first kappa shape index (κ1) is 17.6. The van der Waals surface area contributed by atoms with Crippen LogP contribution >= 0.6 is 0 Å². The van der Waals surface area contributed by atoms with E-state index in [2.05, 4.69) is 15.6 Å². The molecule has 24 heavy (non-hydrogen) atoms. The van der Waals surface area contributed by atoms with Crippen molar-refractivity contribution in [3.8, 4) is 0 Å². The lowest BCUT2D eigenvalue weighted by Gasteiger charge is -2.07. The fraction of sp³-hybridized carbons (Fsp3) is 0.278. The van der Waals surface area contributed by atoms with E-state index in [0.29, 0.717) is 25.3 Å². The summed E-state index contributed by atoms with van der Waals surface area (Å²) >= 11 is 0. The molecule has 0 saturated heterocycles. The van der Waals surface area contributed by atoms with Crippen LogP contribution in [0.15, 0.2) is 48.7 Å². The summed E-state index contributed by atoms with van der Waals surface area (Å²) in [7, 11) is 1.62. The molecule has 2 aromatic rings. The minimum Gasteiger partial charge on any atom is -0.385 e. The number of pyridine rings is 1. The molecule has 0 radical (unpaired) electrons. The molecule has 0 aliphatic heterocycles. The molecule has 2 amide bonds. The normalized spacial score (nSPS) is 10.2. The summed E-state index contributed by atoms with van der Waals surface area (Å²) in [4.78, 5) is 28.3. The van der Waals surface area contributed by atoms with Gasteiger partial charge in [0.25, 0.3) is 11.8 Å². The summed E-state index contributed by atoms with van der Waals surface area (Å²) in [5, 5.41) is 5.57. The molecule has 126 valence electrons. The van der Waals surface area contributed by atoms with Crippen molar-refractivity contribution in [2.45, 2.75) is 13.0 Å². The van der Waals surface area contributed by atoms with Crippen molar-refractivity contribution >= 4 is 11.8 Å². The van der Waals surface area contributed by atoms with E-state index in [9.17, 15) is 9.59 Å². The van der Waals surface area contributed by atoms with E-state index < -0.39 is 0 Å². The molecule has 0 fully saturated rings. The van der Waals surface area contributed by atoms with Crippen molar-refractivity contribution in [1.29, 1.82) is 0 Å². The van der Waals surface area contributed by atoms with E-state index in [1.807, 2.05) is 30.3 Å². The van der Waals surface area contributed by atoms with Crippen LogP contribution in [0.5, 0.6) is 0 Å². The number of benzene rings is 1. The van der Waals surface area contributed by atoms with Crippen molar-refractivity contribution in [1.82, 2.24) is 15.6 Å². The van der Waals surface area contributed by atoms with E-state index in [1.165, 1.54) is 12.3 Å². The summed E-state index contributed by atoms with van der Waals surface area (Å²) in [5.41, 5.74) is 1.63. The molecular weight excluding hydrogens is 306 g/mol. The summed E-state index contributed by atoms with van der Waals surface area (Å²) in [6.07, 6.45) is 2.19. The van der Waals surface area contributed by atoms with E-state index in [0.717, 1.165) is 12.0 Å². The van der Waals surface area contributed by atoms with Crippen molar-refractivity contribution in [3.05, 3.63) is 65.5 Å². The van der Waals surface area contributed by atoms with Gasteiger partial charge >= 0.3 is 0 Å². The van der Waals surface area contributed by atoms with Crippen LogP contribution in [0.4, 0.5) is 0 Å². The number of ether oxygens (including phenoxy) is 1. The van der Waals surface area contributed by atoms with Crippen molar-refractivity contribution in [2.24, 2.45) is 0 Å². The first-order valence-electron chi connectivity index (χ1n) is 7.76. The predicted molar refractivity (Wildman–Crippen MR) is 90.7 cm³/mol. The maximum Gasteiger partial charge on any atom is 0.270 e. The van der Waals surface area contributed by atoms with E-state index in [-0.39, 0.29) is 17.5 Å². The fourth-order valence-corrected chi connectivity index (χ4v) is 2.09. The Balaban J connectivity index is 1.91. The zero-order valence-corrected chi connectivity index (χ0v) is 13.6. The molecule has 2 rings (SSSR count). The second kappa shape index (κ2) is 9.42. The van der Waals surface area contributed by atoms with Gasteiger partial charge in [-0.25, -0.2) is 0 Å². The van der Waals surface area contributed by atoms with Crippen LogP contribution in [0.25, 0.3) is 0 Å². The highest BCUT2D eigenvalue weighted by atomic mass is 16.5. The Morgan fingerprint density at radius 3 is 2.62 bits per heavy atom. The number of rotatable bonds is 8. The van der Waals surface area contributed by atoms with Crippen LogP contribution < -0.4 is 10.6 Å². The molecule has 0 atom stereocenters. The number of hydrogen-bond donors (Lipinski definition) is 2. The molecule has 0 bridgehead atoms. The number of amides is 2. The van der Waals surface area contributed by atoms with Crippen molar-refractivity contribution in [3.63, 3.8) is 0 Å². The highest BCUT2D eigenvalue weighted by Gasteiger charge is 2.11. The maximum absolute atomic E-state index is 12.2. The van der Waals surface area contributed by atoms with Gasteiger partial charge in [0.05, 0.1) is 0 Å². The molecule has 0 aliphatic rings. The Kier molecular flexibility index (Phi) is 6.91. The average molecular weight is 327 g/mol. The zero-order chi connectivity index (χ0) is 17.2. The lowest BCUT2D eigenvalue weighted by atomic mass is 10.2.